The minimum absolute atomic E-state index is 0.593. The minimum Gasteiger partial charge on any atom is -0.309 e. The van der Waals surface area contributed by atoms with Crippen molar-refractivity contribution in [2.45, 2.75) is 0 Å². The lowest BCUT2D eigenvalue weighted by Gasteiger charge is -2.17. The molecule has 0 atom stereocenters. The second kappa shape index (κ2) is 11.4. The normalized spacial score (nSPS) is 11.1. The Morgan fingerprint density at radius 1 is 0.360 bits per heavy atom. The van der Waals surface area contributed by atoms with Crippen molar-refractivity contribution in [3.8, 4) is 51.8 Å². The van der Waals surface area contributed by atoms with Crippen LogP contribution in [0.25, 0.3) is 77.2 Å². The van der Waals surface area contributed by atoms with E-state index in [9.17, 15) is 15.8 Å². The zero-order valence-electron chi connectivity index (χ0n) is 26.7. The van der Waals surface area contributed by atoms with Crippen molar-refractivity contribution in [2.24, 2.45) is 0 Å². The van der Waals surface area contributed by atoms with Crippen LogP contribution in [0.4, 0.5) is 0 Å². The van der Waals surface area contributed by atoms with Crippen LogP contribution >= 0.6 is 0 Å². The van der Waals surface area contributed by atoms with E-state index in [1.165, 1.54) is 0 Å². The van der Waals surface area contributed by atoms with Crippen molar-refractivity contribution in [3.63, 3.8) is 0 Å². The Balaban J connectivity index is 1.33. The molecule has 5 heteroatoms. The van der Waals surface area contributed by atoms with Crippen LogP contribution in [0.15, 0.2) is 152 Å². The van der Waals surface area contributed by atoms with Gasteiger partial charge in [0.2, 0.25) is 0 Å². The van der Waals surface area contributed by atoms with Crippen molar-refractivity contribution in [2.75, 3.05) is 0 Å². The quantitative estimate of drug-likeness (QED) is 0.193. The fourth-order valence-electron chi connectivity index (χ4n) is 7.48. The maximum atomic E-state index is 9.92. The van der Waals surface area contributed by atoms with Gasteiger partial charge >= 0.3 is 0 Å². The molecule has 5 nitrogen and oxygen atoms in total. The maximum Gasteiger partial charge on any atom is 0.0991 e. The molecule has 0 fully saturated rings. The zero-order chi connectivity index (χ0) is 33.8. The molecular weight excluding hydrogens is 611 g/mol. The number of nitrogens with zero attached hydrogens (tertiary/aromatic N) is 5. The first-order valence-corrected chi connectivity index (χ1v) is 16.3. The number of fused-ring (bicyclic) bond motifs is 6. The molecule has 0 bridgehead atoms. The molecule has 2 heterocycles. The van der Waals surface area contributed by atoms with E-state index >= 15 is 0 Å². The Hall–Kier alpha value is -7.39. The molecule has 0 amide bonds. The Kier molecular flexibility index (Phi) is 6.56. The Labute approximate surface area is 287 Å². The van der Waals surface area contributed by atoms with Crippen molar-refractivity contribution < 1.29 is 0 Å². The first kappa shape index (κ1) is 28.8. The number of para-hydroxylation sites is 2. The van der Waals surface area contributed by atoms with Crippen molar-refractivity contribution >= 4 is 43.6 Å². The van der Waals surface area contributed by atoms with Crippen LogP contribution < -0.4 is 0 Å². The summed E-state index contributed by atoms with van der Waals surface area (Å²) in [6.07, 6.45) is 0. The fourth-order valence-corrected chi connectivity index (χ4v) is 7.48. The number of nitriles is 3. The first-order chi connectivity index (χ1) is 24.7. The summed E-state index contributed by atoms with van der Waals surface area (Å²) in [7, 11) is 0. The van der Waals surface area contributed by atoms with Crippen LogP contribution in [0.1, 0.15) is 16.7 Å². The fraction of sp³-hybridized carbons (Fsp3) is 0. The van der Waals surface area contributed by atoms with Crippen LogP contribution in [0.2, 0.25) is 0 Å². The number of rotatable bonds is 4. The smallest absolute Gasteiger partial charge is 0.0991 e. The Morgan fingerprint density at radius 2 is 0.880 bits per heavy atom. The molecule has 0 aliphatic carbocycles. The third-order valence-electron chi connectivity index (χ3n) is 9.63. The van der Waals surface area contributed by atoms with E-state index in [1.807, 2.05) is 66.7 Å². The Morgan fingerprint density at radius 3 is 1.60 bits per heavy atom. The van der Waals surface area contributed by atoms with Gasteiger partial charge in [-0.05, 0) is 95.6 Å². The molecule has 0 saturated carbocycles. The predicted octanol–water partition coefficient (Wildman–Crippen LogP) is 10.8. The standard InChI is InChI=1S/C45H25N5/c46-26-29-16-20-32(21-17-29)49-43-23-19-31(28-48)25-39(43)45-37(12-7-15-44(45)49)34-9-2-1-8-33(34)35-10-3-5-13-40(35)50-41-14-6-4-11-36(41)38-24-30(27-47)18-22-42(38)50/h1-25H. The number of benzene rings is 7. The lowest BCUT2D eigenvalue weighted by molar-refractivity contribution is 1.18. The summed E-state index contributed by atoms with van der Waals surface area (Å²) in [6.45, 7) is 0. The van der Waals surface area contributed by atoms with Gasteiger partial charge in [-0.1, -0.05) is 72.8 Å². The third kappa shape index (κ3) is 4.31. The maximum absolute atomic E-state index is 9.92. The second-order valence-electron chi connectivity index (χ2n) is 12.3. The molecule has 0 unspecified atom stereocenters. The van der Waals surface area contributed by atoms with E-state index < -0.39 is 0 Å². The lowest BCUT2D eigenvalue weighted by atomic mass is 9.91. The van der Waals surface area contributed by atoms with Gasteiger partial charge in [-0.3, -0.25) is 0 Å². The molecular formula is C45H25N5. The first-order valence-electron chi connectivity index (χ1n) is 16.3. The highest BCUT2D eigenvalue weighted by atomic mass is 15.0. The van der Waals surface area contributed by atoms with Gasteiger partial charge in [0.05, 0.1) is 62.7 Å². The molecule has 0 spiro atoms. The third-order valence-corrected chi connectivity index (χ3v) is 9.63. The SMILES string of the molecule is N#Cc1ccc(-n2c3ccc(C#N)cc3c3c(-c4ccccc4-c4ccccc4-n4c5ccccc5c5cc(C#N)ccc54)cccc32)cc1. The van der Waals surface area contributed by atoms with E-state index in [2.05, 4.69) is 112 Å². The monoisotopic (exact) mass is 635 g/mol. The van der Waals surface area contributed by atoms with Gasteiger partial charge < -0.3 is 9.13 Å². The molecule has 9 rings (SSSR count). The highest BCUT2D eigenvalue weighted by molar-refractivity contribution is 6.17. The van der Waals surface area contributed by atoms with Gasteiger partial charge in [-0.25, -0.2) is 0 Å². The lowest BCUT2D eigenvalue weighted by Crippen LogP contribution is -1.98. The Bertz CT molecular complexity index is 2960. The molecule has 0 saturated heterocycles. The molecule has 0 aliphatic rings. The molecule has 9 aromatic rings. The molecule has 230 valence electrons. The summed E-state index contributed by atoms with van der Waals surface area (Å²) >= 11 is 0. The molecule has 50 heavy (non-hydrogen) atoms. The second-order valence-corrected chi connectivity index (χ2v) is 12.3. The summed E-state index contributed by atoms with van der Waals surface area (Å²) in [4.78, 5) is 0. The van der Waals surface area contributed by atoms with Crippen molar-refractivity contribution in [1.29, 1.82) is 15.8 Å². The summed E-state index contributed by atoms with van der Waals surface area (Å²) in [6, 6.07) is 57.9. The van der Waals surface area contributed by atoms with Crippen molar-refractivity contribution in [1.82, 2.24) is 9.13 Å². The number of hydrogen-bond acceptors (Lipinski definition) is 3. The van der Waals surface area contributed by atoms with Crippen LogP contribution in [0, 0.1) is 34.0 Å². The van der Waals surface area contributed by atoms with E-state index in [0.29, 0.717) is 16.7 Å². The highest BCUT2D eigenvalue weighted by Gasteiger charge is 2.21. The predicted molar refractivity (Wildman–Crippen MR) is 200 cm³/mol. The van der Waals surface area contributed by atoms with E-state index in [1.54, 1.807) is 0 Å². The summed E-state index contributed by atoms with van der Waals surface area (Å²) < 4.78 is 4.51. The van der Waals surface area contributed by atoms with Crippen LogP contribution in [0.3, 0.4) is 0 Å². The van der Waals surface area contributed by atoms with E-state index in [4.69, 9.17) is 0 Å². The van der Waals surface area contributed by atoms with Gasteiger partial charge in [0.1, 0.15) is 0 Å². The molecule has 0 radical (unpaired) electrons. The minimum atomic E-state index is 0.593. The largest absolute Gasteiger partial charge is 0.309 e. The van der Waals surface area contributed by atoms with E-state index in [0.717, 1.165) is 77.2 Å². The molecule has 0 aliphatic heterocycles. The summed E-state index contributed by atoms with van der Waals surface area (Å²) in [5, 5.41) is 33.2. The van der Waals surface area contributed by atoms with Gasteiger partial charge in [0.25, 0.3) is 0 Å². The van der Waals surface area contributed by atoms with Crippen molar-refractivity contribution in [3.05, 3.63) is 168 Å². The van der Waals surface area contributed by atoms with Crippen LogP contribution in [0.5, 0.6) is 0 Å². The topological polar surface area (TPSA) is 81.2 Å². The van der Waals surface area contributed by atoms with Crippen LogP contribution in [-0.4, -0.2) is 9.13 Å². The van der Waals surface area contributed by atoms with E-state index in [-0.39, 0.29) is 0 Å². The van der Waals surface area contributed by atoms with Gasteiger partial charge in [0, 0.05) is 32.8 Å². The summed E-state index contributed by atoms with van der Waals surface area (Å²) in [5.74, 6) is 0. The number of hydrogen-bond donors (Lipinski definition) is 0. The van der Waals surface area contributed by atoms with Gasteiger partial charge in [-0.15, -0.1) is 0 Å². The molecule has 0 N–H and O–H groups in total. The van der Waals surface area contributed by atoms with Gasteiger partial charge in [-0.2, -0.15) is 15.8 Å². The molecule has 7 aromatic carbocycles. The zero-order valence-corrected chi connectivity index (χ0v) is 26.7. The highest BCUT2D eigenvalue weighted by Crippen LogP contribution is 2.44. The summed E-state index contributed by atoms with van der Waals surface area (Å²) in [5.41, 5.74) is 12.2. The average Bonchev–Trinajstić information content (AvgIpc) is 3.70. The van der Waals surface area contributed by atoms with Crippen LogP contribution in [-0.2, 0) is 0 Å². The number of aromatic nitrogens is 2. The average molecular weight is 636 g/mol. The van der Waals surface area contributed by atoms with Gasteiger partial charge in [0.15, 0.2) is 0 Å². The molecule has 2 aromatic heterocycles.